The minimum absolute atomic E-state index is 0.0451. The molecule has 0 amide bonds. The highest BCUT2D eigenvalue weighted by Gasteiger charge is 2.26. The molecule has 16 nitrogen and oxygen atoms in total. The Morgan fingerprint density at radius 1 is 0.877 bits per heavy atom. The minimum Gasteiger partial charge on any atom is -0.474 e. The molecule has 0 bridgehead atoms. The van der Waals surface area contributed by atoms with Gasteiger partial charge in [-0.05, 0) is 87.6 Å². The van der Waals surface area contributed by atoms with Gasteiger partial charge in [0.15, 0.2) is 17.3 Å². The predicted molar refractivity (Wildman–Crippen MR) is 207 cm³/mol. The SMILES string of the molecule is CB(O)N1CCC(Oc2ccc([N+](=O)[O-])cn2)CC1.Nc1cc(CN2CCC(Oc3ccc(-n4c(-c5ccc(F)c(F)c5)nc5cncnc54)cn3)CC2)ccn1. The number of piperidine rings is 2. The van der Waals surface area contributed by atoms with E-state index < -0.39 is 23.6 Å². The van der Waals surface area contributed by atoms with E-state index in [2.05, 4.69) is 34.8 Å². The van der Waals surface area contributed by atoms with Crippen molar-refractivity contribution in [3.8, 4) is 28.8 Å². The number of likely N-dealkylation sites (tertiary alicyclic amines) is 1. The van der Waals surface area contributed by atoms with Crippen LogP contribution in [0.4, 0.5) is 20.3 Å². The fourth-order valence-electron chi connectivity index (χ4n) is 6.77. The minimum atomic E-state index is -0.954. The van der Waals surface area contributed by atoms with Crippen LogP contribution >= 0.6 is 0 Å². The highest BCUT2D eigenvalue weighted by atomic mass is 19.2. The average molecular weight is 780 g/mol. The van der Waals surface area contributed by atoms with Gasteiger partial charge in [0.2, 0.25) is 11.8 Å². The number of nitrogens with zero attached hydrogens (tertiary/aromatic N) is 10. The van der Waals surface area contributed by atoms with Crippen molar-refractivity contribution in [2.24, 2.45) is 0 Å². The van der Waals surface area contributed by atoms with Crippen molar-refractivity contribution >= 4 is 29.7 Å². The molecule has 5 aromatic heterocycles. The molecule has 1 aromatic carbocycles. The van der Waals surface area contributed by atoms with Crippen LogP contribution in [0, 0.1) is 21.7 Å². The lowest BCUT2D eigenvalue weighted by Gasteiger charge is -2.32. The monoisotopic (exact) mass is 779 g/mol. The Hall–Kier alpha value is -6.18. The van der Waals surface area contributed by atoms with Gasteiger partial charge in [0.05, 0.1) is 23.0 Å². The van der Waals surface area contributed by atoms with Crippen LogP contribution in [0.15, 0.2) is 85.7 Å². The molecule has 0 saturated carbocycles. The van der Waals surface area contributed by atoms with Crippen molar-refractivity contribution in [2.45, 2.75) is 51.3 Å². The lowest BCUT2D eigenvalue weighted by molar-refractivity contribution is -0.385. The van der Waals surface area contributed by atoms with E-state index in [-0.39, 0.29) is 17.9 Å². The van der Waals surface area contributed by atoms with Crippen molar-refractivity contribution in [3.05, 3.63) is 113 Å². The maximum absolute atomic E-state index is 14.0. The summed E-state index contributed by atoms with van der Waals surface area (Å²) in [6, 6.07) is 14.1. The largest absolute Gasteiger partial charge is 0.474 e. The van der Waals surface area contributed by atoms with Crippen LogP contribution in [0.1, 0.15) is 31.2 Å². The summed E-state index contributed by atoms with van der Waals surface area (Å²) >= 11 is 0. The third-order valence-electron chi connectivity index (χ3n) is 9.78. The number of aromatic nitrogens is 7. The van der Waals surface area contributed by atoms with Gasteiger partial charge >= 0.3 is 7.05 Å². The average Bonchev–Trinajstić information content (AvgIpc) is 3.60. The molecule has 0 aliphatic carbocycles. The molecule has 19 heteroatoms. The number of imidazole rings is 1. The molecule has 2 aliphatic heterocycles. The number of hydrogen-bond donors (Lipinski definition) is 2. The zero-order valence-corrected chi connectivity index (χ0v) is 31.1. The predicted octanol–water partition coefficient (Wildman–Crippen LogP) is 5.12. The number of benzene rings is 1. The van der Waals surface area contributed by atoms with E-state index in [4.69, 9.17) is 15.2 Å². The van der Waals surface area contributed by atoms with Gasteiger partial charge in [0.1, 0.15) is 41.9 Å². The molecule has 2 aliphatic rings. The maximum atomic E-state index is 14.0. The summed E-state index contributed by atoms with van der Waals surface area (Å²) in [6.07, 6.45) is 11.1. The fraction of sp³-hybridized carbons (Fsp3) is 0.316. The van der Waals surface area contributed by atoms with E-state index in [0.717, 1.165) is 76.1 Å². The molecule has 0 unspecified atom stereocenters. The number of fused-ring (bicyclic) bond motifs is 1. The number of halogens is 2. The van der Waals surface area contributed by atoms with Crippen LogP contribution in [0.25, 0.3) is 28.2 Å². The van der Waals surface area contributed by atoms with Gasteiger partial charge in [0, 0.05) is 49.6 Å². The molecule has 0 radical (unpaired) electrons. The quantitative estimate of drug-likeness (QED) is 0.106. The number of nitrogen functional groups attached to an aromatic ring is 1. The van der Waals surface area contributed by atoms with E-state index in [1.54, 1.807) is 36.0 Å². The first-order valence-corrected chi connectivity index (χ1v) is 18.5. The van der Waals surface area contributed by atoms with Crippen LogP contribution in [0.5, 0.6) is 11.8 Å². The Bertz CT molecular complexity index is 2290. The zero-order chi connectivity index (χ0) is 39.9. The third kappa shape index (κ3) is 9.80. The number of nitrogens with two attached hydrogens (primary N) is 1. The van der Waals surface area contributed by atoms with E-state index in [1.165, 1.54) is 30.7 Å². The number of anilines is 1. The van der Waals surface area contributed by atoms with Crippen molar-refractivity contribution in [1.29, 1.82) is 0 Å². The molecular formula is C38H40BF2N11O5. The van der Waals surface area contributed by atoms with Gasteiger partial charge in [0.25, 0.3) is 5.69 Å². The molecule has 57 heavy (non-hydrogen) atoms. The van der Waals surface area contributed by atoms with Gasteiger partial charge in [-0.15, -0.1) is 0 Å². The highest BCUT2D eigenvalue weighted by Crippen LogP contribution is 2.29. The van der Waals surface area contributed by atoms with Crippen LogP contribution < -0.4 is 15.2 Å². The van der Waals surface area contributed by atoms with E-state index in [9.17, 15) is 23.9 Å². The summed E-state index contributed by atoms with van der Waals surface area (Å²) in [4.78, 5) is 39.8. The third-order valence-corrected chi connectivity index (χ3v) is 9.78. The van der Waals surface area contributed by atoms with Gasteiger partial charge in [-0.3, -0.25) is 19.6 Å². The first-order chi connectivity index (χ1) is 27.6. The molecule has 7 heterocycles. The molecule has 0 spiro atoms. The summed E-state index contributed by atoms with van der Waals surface area (Å²) in [7, 11) is -0.432. The van der Waals surface area contributed by atoms with Crippen LogP contribution in [0.3, 0.4) is 0 Å². The number of pyridine rings is 3. The number of hydrogen-bond acceptors (Lipinski definition) is 14. The summed E-state index contributed by atoms with van der Waals surface area (Å²) in [5.41, 5.74) is 9.01. The van der Waals surface area contributed by atoms with Gasteiger partial charge in [-0.2, -0.15) is 0 Å². The summed E-state index contributed by atoms with van der Waals surface area (Å²) in [5, 5.41) is 19.9. The number of rotatable bonds is 10. The van der Waals surface area contributed by atoms with Crippen LogP contribution in [0.2, 0.25) is 6.82 Å². The molecule has 2 fully saturated rings. The fourth-order valence-corrected chi connectivity index (χ4v) is 6.77. The topological polar surface area (TPSA) is 197 Å². The lowest BCUT2D eigenvalue weighted by atomic mass is 9.82. The summed E-state index contributed by atoms with van der Waals surface area (Å²) in [5.74, 6) is -0.0255. The number of nitro groups is 1. The smallest absolute Gasteiger partial charge is 0.376 e. The molecule has 0 atom stereocenters. The summed E-state index contributed by atoms with van der Waals surface area (Å²) < 4.78 is 41.1. The Morgan fingerprint density at radius 3 is 2.19 bits per heavy atom. The first kappa shape index (κ1) is 39.1. The highest BCUT2D eigenvalue weighted by molar-refractivity contribution is 6.45. The maximum Gasteiger partial charge on any atom is 0.376 e. The Kier molecular flexibility index (Phi) is 12.2. The molecule has 2 saturated heterocycles. The Morgan fingerprint density at radius 2 is 1.58 bits per heavy atom. The van der Waals surface area contributed by atoms with Crippen molar-refractivity contribution in [3.63, 3.8) is 0 Å². The van der Waals surface area contributed by atoms with Crippen molar-refractivity contribution < 1.29 is 28.2 Å². The van der Waals surface area contributed by atoms with Crippen LogP contribution in [-0.2, 0) is 6.54 Å². The second kappa shape index (κ2) is 17.7. The first-order valence-electron chi connectivity index (χ1n) is 18.5. The molecule has 6 aromatic rings. The summed E-state index contributed by atoms with van der Waals surface area (Å²) in [6.45, 7) is 5.94. The normalized spacial score (nSPS) is 15.5. The molecule has 3 N–H and O–H groups in total. The standard InChI is InChI=1S/C27H24F2N8O.C11H16BN3O4/c28-21-3-1-18(12-22(21)29)26-35-23-14-31-16-34-27(23)37(26)19-2-4-25(33-13-19)38-20-6-9-36(10-7-20)15-17-5-8-32-24(30)11-17;1-12(16)14-6-4-10(5-7-14)19-11-3-2-9(8-13-11)15(17)18/h1-5,8,11-14,16,20H,6-7,9-10,15H2,(H2,30,32);2-3,8,10,16H,4-7H2,1H3. The number of ether oxygens (including phenoxy) is 2. The molecule has 294 valence electrons. The van der Waals surface area contributed by atoms with E-state index in [0.29, 0.717) is 45.8 Å². The molecule has 8 rings (SSSR count). The zero-order valence-electron chi connectivity index (χ0n) is 31.1. The van der Waals surface area contributed by atoms with Crippen LogP contribution in [-0.4, -0.2) is 99.6 Å². The lowest BCUT2D eigenvalue weighted by Crippen LogP contribution is -2.45. The van der Waals surface area contributed by atoms with E-state index in [1.807, 2.05) is 23.0 Å². The molecular weight excluding hydrogens is 739 g/mol. The van der Waals surface area contributed by atoms with Gasteiger partial charge in [-0.25, -0.2) is 38.7 Å². The second-order valence-corrected chi connectivity index (χ2v) is 13.8. The van der Waals surface area contributed by atoms with E-state index >= 15 is 0 Å². The van der Waals surface area contributed by atoms with Gasteiger partial charge < -0.3 is 25.0 Å². The Labute approximate surface area is 326 Å². The van der Waals surface area contributed by atoms with Crippen molar-refractivity contribution in [1.82, 2.24) is 44.2 Å². The Balaban J connectivity index is 0.000000220. The van der Waals surface area contributed by atoms with Crippen molar-refractivity contribution in [2.75, 3.05) is 31.9 Å². The second-order valence-electron chi connectivity index (χ2n) is 13.8. The van der Waals surface area contributed by atoms with Gasteiger partial charge in [-0.1, -0.05) is 0 Å².